The van der Waals surface area contributed by atoms with Crippen LogP contribution in [0.3, 0.4) is 0 Å². The van der Waals surface area contributed by atoms with E-state index >= 15 is 0 Å². The van der Waals surface area contributed by atoms with Crippen LogP contribution >= 0.6 is 0 Å². The number of aromatic amines is 1. The molecule has 0 aromatic carbocycles. The summed E-state index contributed by atoms with van der Waals surface area (Å²) in [6.07, 6.45) is 4.77. The zero-order valence-electron chi connectivity index (χ0n) is 13.9. The molecule has 0 aliphatic rings. The number of H-pyrrole nitrogens is 1. The number of oxime groups is 1. The van der Waals surface area contributed by atoms with E-state index in [0.717, 1.165) is 5.56 Å². The van der Waals surface area contributed by atoms with Crippen molar-refractivity contribution >= 4 is 17.6 Å². The molecule has 2 rings (SSSR count). The van der Waals surface area contributed by atoms with Gasteiger partial charge >= 0.3 is 5.97 Å². The SMILES string of the molecule is CCOC(=O)CO/N=C(/C(=O)NCc1ncc(C)cn1)c1ccn[nH]1. The van der Waals surface area contributed by atoms with Crippen LogP contribution in [0.2, 0.25) is 0 Å². The third-order valence-corrected chi connectivity index (χ3v) is 2.86. The molecule has 0 unspecified atom stereocenters. The van der Waals surface area contributed by atoms with E-state index in [1.165, 1.54) is 6.20 Å². The number of esters is 1. The van der Waals surface area contributed by atoms with Crippen LogP contribution in [0.15, 0.2) is 29.8 Å². The minimum Gasteiger partial charge on any atom is -0.463 e. The highest BCUT2D eigenvalue weighted by atomic mass is 16.7. The molecule has 1 amide bonds. The largest absolute Gasteiger partial charge is 0.463 e. The lowest BCUT2D eigenvalue weighted by atomic mass is 10.2. The first-order chi connectivity index (χ1) is 12.1. The minimum absolute atomic E-state index is 0.0612. The fourth-order valence-electron chi connectivity index (χ4n) is 1.71. The van der Waals surface area contributed by atoms with Crippen molar-refractivity contribution in [2.75, 3.05) is 13.2 Å². The number of carbonyl (C=O) groups is 2. The molecule has 10 heteroatoms. The molecule has 2 N–H and O–H groups in total. The maximum atomic E-state index is 12.3. The van der Waals surface area contributed by atoms with Gasteiger partial charge in [0.25, 0.3) is 5.91 Å². The van der Waals surface area contributed by atoms with Crippen LogP contribution in [0.4, 0.5) is 0 Å². The van der Waals surface area contributed by atoms with Gasteiger partial charge in [-0.15, -0.1) is 0 Å². The second-order valence-corrected chi connectivity index (χ2v) is 4.85. The van der Waals surface area contributed by atoms with Crippen molar-refractivity contribution in [1.82, 2.24) is 25.5 Å². The lowest BCUT2D eigenvalue weighted by Crippen LogP contribution is -2.32. The van der Waals surface area contributed by atoms with Gasteiger partial charge in [0.2, 0.25) is 6.61 Å². The number of ether oxygens (including phenoxy) is 1. The van der Waals surface area contributed by atoms with Gasteiger partial charge < -0.3 is 14.9 Å². The highest BCUT2D eigenvalue weighted by Gasteiger charge is 2.17. The molecule has 0 bridgehead atoms. The van der Waals surface area contributed by atoms with Crippen molar-refractivity contribution in [2.45, 2.75) is 20.4 Å². The quantitative estimate of drug-likeness (QED) is 0.394. The number of hydrogen-bond donors (Lipinski definition) is 2. The molecule has 0 atom stereocenters. The van der Waals surface area contributed by atoms with Gasteiger partial charge in [-0.3, -0.25) is 9.89 Å². The fraction of sp³-hybridized carbons (Fsp3) is 0.333. The maximum absolute atomic E-state index is 12.3. The van der Waals surface area contributed by atoms with Crippen LogP contribution in [-0.4, -0.2) is 51.0 Å². The van der Waals surface area contributed by atoms with Crippen molar-refractivity contribution in [3.05, 3.63) is 41.7 Å². The monoisotopic (exact) mass is 346 g/mol. The van der Waals surface area contributed by atoms with E-state index in [-0.39, 0.29) is 18.9 Å². The molecule has 0 fully saturated rings. The van der Waals surface area contributed by atoms with Crippen LogP contribution in [0, 0.1) is 6.92 Å². The van der Waals surface area contributed by atoms with E-state index in [9.17, 15) is 9.59 Å². The van der Waals surface area contributed by atoms with Gasteiger partial charge in [0, 0.05) is 18.6 Å². The molecule has 0 saturated carbocycles. The Morgan fingerprint density at radius 2 is 2.08 bits per heavy atom. The van der Waals surface area contributed by atoms with Crippen LogP contribution < -0.4 is 5.32 Å². The van der Waals surface area contributed by atoms with E-state index in [1.807, 2.05) is 6.92 Å². The second-order valence-electron chi connectivity index (χ2n) is 4.85. The van der Waals surface area contributed by atoms with E-state index < -0.39 is 18.5 Å². The van der Waals surface area contributed by atoms with Gasteiger partial charge in [-0.05, 0) is 25.5 Å². The van der Waals surface area contributed by atoms with Gasteiger partial charge in [-0.25, -0.2) is 14.8 Å². The van der Waals surface area contributed by atoms with E-state index in [2.05, 4.69) is 30.6 Å². The summed E-state index contributed by atoms with van der Waals surface area (Å²) >= 11 is 0. The number of hydrogen-bond acceptors (Lipinski definition) is 8. The van der Waals surface area contributed by atoms with Crippen LogP contribution in [0.1, 0.15) is 24.0 Å². The molecule has 2 aromatic heterocycles. The van der Waals surface area contributed by atoms with Crippen LogP contribution in [0.5, 0.6) is 0 Å². The molecule has 2 heterocycles. The second kappa shape index (κ2) is 9.11. The normalized spacial score (nSPS) is 11.0. The molecule has 0 radical (unpaired) electrons. The maximum Gasteiger partial charge on any atom is 0.347 e. The van der Waals surface area contributed by atoms with Gasteiger partial charge in [-0.2, -0.15) is 5.10 Å². The third kappa shape index (κ3) is 5.68. The summed E-state index contributed by atoms with van der Waals surface area (Å²) in [5, 5.41) is 12.7. The Morgan fingerprint density at radius 3 is 2.72 bits per heavy atom. The summed E-state index contributed by atoms with van der Waals surface area (Å²) in [6.45, 7) is 3.49. The molecule has 10 nitrogen and oxygen atoms in total. The predicted octanol–water partition coefficient (Wildman–Crippen LogP) is 0.108. The van der Waals surface area contributed by atoms with Gasteiger partial charge in [-0.1, -0.05) is 5.16 Å². The Kier molecular flexibility index (Phi) is 6.57. The summed E-state index contributed by atoms with van der Waals surface area (Å²) in [5.41, 5.74) is 1.20. The Balaban J connectivity index is 2.00. The molecule has 2 aromatic rings. The highest BCUT2D eigenvalue weighted by Crippen LogP contribution is 1.99. The predicted molar refractivity (Wildman–Crippen MR) is 86.3 cm³/mol. The zero-order valence-corrected chi connectivity index (χ0v) is 13.9. The average Bonchev–Trinajstić information content (AvgIpc) is 3.12. The lowest BCUT2D eigenvalue weighted by Gasteiger charge is -2.06. The molecule has 25 heavy (non-hydrogen) atoms. The number of aryl methyl sites for hydroxylation is 1. The molecular formula is C15H18N6O4. The molecule has 0 aliphatic carbocycles. The van der Waals surface area contributed by atoms with E-state index in [4.69, 9.17) is 9.57 Å². The zero-order chi connectivity index (χ0) is 18.1. The average molecular weight is 346 g/mol. The molecule has 0 spiro atoms. The lowest BCUT2D eigenvalue weighted by molar-refractivity contribution is -0.148. The third-order valence-electron chi connectivity index (χ3n) is 2.86. The minimum atomic E-state index is -0.580. The summed E-state index contributed by atoms with van der Waals surface area (Å²) in [7, 11) is 0. The molecule has 0 aliphatic heterocycles. The fourth-order valence-corrected chi connectivity index (χ4v) is 1.71. The first-order valence-corrected chi connectivity index (χ1v) is 7.51. The van der Waals surface area contributed by atoms with E-state index in [0.29, 0.717) is 11.5 Å². The highest BCUT2D eigenvalue weighted by molar-refractivity contribution is 6.44. The first kappa shape index (κ1) is 18.0. The van der Waals surface area contributed by atoms with Crippen molar-refractivity contribution in [1.29, 1.82) is 0 Å². The van der Waals surface area contributed by atoms with Crippen molar-refractivity contribution in [3.63, 3.8) is 0 Å². The summed E-state index contributed by atoms with van der Waals surface area (Å²) in [6, 6.07) is 1.55. The summed E-state index contributed by atoms with van der Waals surface area (Å²) in [4.78, 5) is 36.7. The smallest absolute Gasteiger partial charge is 0.347 e. The van der Waals surface area contributed by atoms with Gasteiger partial charge in [0.1, 0.15) is 5.82 Å². The Hall–Kier alpha value is -3.30. The summed E-state index contributed by atoms with van der Waals surface area (Å²) in [5.74, 6) is -0.656. The standard InChI is InChI=1S/C15H18N6O4/c1-3-24-13(22)9-25-21-14(11-4-5-19-20-11)15(23)18-8-12-16-6-10(2)7-17-12/h4-7H,3,8-9H2,1-2H3,(H,18,23)(H,19,20)/b21-14+. The number of nitrogens with zero attached hydrogens (tertiary/aromatic N) is 4. The van der Waals surface area contributed by atoms with Crippen LogP contribution in [-0.2, 0) is 25.7 Å². The first-order valence-electron chi connectivity index (χ1n) is 7.51. The molecular weight excluding hydrogens is 328 g/mol. The van der Waals surface area contributed by atoms with Crippen molar-refractivity contribution in [2.24, 2.45) is 5.16 Å². The van der Waals surface area contributed by atoms with E-state index in [1.54, 1.807) is 25.4 Å². The topological polar surface area (TPSA) is 131 Å². The number of carbonyl (C=O) groups excluding carboxylic acids is 2. The van der Waals surface area contributed by atoms with Gasteiger partial charge in [0.05, 0.1) is 18.8 Å². The summed E-state index contributed by atoms with van der Waals surface area (Å²) < 4.78 is 4.72. The van der Waals surface area contributed by atoms with Gasteiger partial charge in [0.15, 0.2) is 5.71 Å². The Morgan fingerprint density at radius 1 is 1.32 bits per heavy atom. The number of nitrogens with one attached hydrogen (secondary N) is 2. The Labute approximate surface area is 143 Å². The molecule has 0 saturated heterocycles. The van der Waals surface area contributed by atoms with Crippen molar-refractivity contribution < 1.29 is 19.2 Å². The number of amides is 1. The number of rotatable bonds is 8. The number of aromatic nitrogens is 4. The van der Waals surface area contributed by atoms with Crippen LogP contribution in [0.25, 0.3) is 0 Å². The molecule has 132 valence electrons. The van der Waals surface area contributed by atoms with Crippen molar-refractivity contribution in [3.8, 4) is 0 Å². The Bertz CT molecular complexity index is 727.